The van der Waals surface area contributed by atoms with Crippen LogP contribution in [0.25, 0.3) is 5.57 Å². The molecule has 0 atom stereocenters. The van der Waals surface area contributed by atoms with E-state index in [-0.39, 0.29) is 12.2 Å². The maximum Gasteiger partial charge on any atom is 0.307 e. The molecule has 0 aromatic heterocycles. The van der Waals surface area contributed by atoms with Gasteiger partial charge in [-0.3, -0.25) is 9.59 Å². The van der Waals surface area contributed by atoms with Crippen molar-refractivity contribution >= 4 is 17.3 Å². The fourth-order valence-electron chi connectivity index (χ4n) is 2.02. The number of rotatable bonds is 5. The summed E-state index contributed by atoms with van der Waals surface area (Å²) in [5, 5.41) is 8.70. The number of benzene rings is 2. The second-order valence-electron chi connectivity index (χ2n) is 4.76. The molecule has 2 aromatic carbocycles. The molecule has 0 aliphatic rings. The molecule has 3 nitrogen and oxygen atoms in total. The number of aliphatic carboxylic acids is 1. The van der Waals surface area contributed by atoms with Crippen molar-refractivity contribution < 1.29 is 14.7 Å². The Morgan fingerprint density at radius 1 is 0.952 bits per heavy atom. The smallest absolute Gasteiger partial charge is 0.307 e. The number of ketones is 1. The molecule has 0 aliphatic carbocycles. The van der Waals surface area contributed by atoms with Crippen molar-refractivity contribution in [1.82, 2.24) is 0 Å². The average Bonchev–Trinajstić information content (AvgIpc) is 2.52. The van der Waals surface area contributed by atoms with E-state index in [0.29, 0.717) is 11.1 Å². The van der Waals surface area contributed by atoms with Crippen molar-refractivity contribution in [3.63, 3.8) is 0 Å². The fourth-order valence-corrected chi connectivity index (χ4v) is 2.02. The first-order valence-electron chi connectivity index (χ1n) is 6.66. The predicted molar refractivity (Wildman–Crippen MR) is 82.2 cm³/mol. The van der Waals surface area contributed by atoms with Crippen LogP contribution in [0.1, 0.15) is 34.8 Å². The summed E-state index contributed by atoms with van der Waals surface area (Å²) in [5.74, 6) is -0.908. The van der Waals surface area contributed by atoms with Crippen LogP contribution in [0.4, 0.5) is 0 Å². The van der Waals surface area contributed by atoms with Gasteiger partial charge in [0.25, 0.3) is 0 Å². The number of carbonyl (C=O) groups excluding carboxylic acids is 1. The molecular formula is C18H16O3. The minimum atomic E-state index is -0.870. The van der Waals surface area contributed by atoms with Crippen LogP contribution in [-0.2, 0) is 4.79 Å². The molecule has 0 unspecified atom stereocenters. The highest BCUT2D eigenvalue weighted by Crippen LogP contribution is 2.18. The second-order valence-corrected chi connectivity index (χ2v) is 4.76. The fraction of sp³-hybridized carbons (Fsp3) is 0.111. The summed E-state index contributed by atoms with van der Waals surface area (Å²) >= 11 is 0. The minimum absolute atomic E-state index is 0.0251. The Bertz CT molecular complexity index is 685. The number of hydrogen-bond acceptors (Lipinski definition) is 2. The quantitative estimate of drug-likeness (QED) is 0.848. The van der Waals surface area contributed by atoms with Crippen molar-refractivity contribution in [1.29, 1.82) is 0 Å². The molecule has 0 radical (unpaired) electrons. The molecule has 0 saturated heterocycles. The minimum Gasteiger partial charge on any atom is -0.481 e. The predicted octanol–water partition coefficient (Wildman–Crippen LogP) is 3.80. The summed E-state index contributed by atoms with van der Waals surface area (Å²) in [4.78, 5) is 23.0. The summed E-state index contributed by atoms with van der Waals surface area (Å²) < 4.78 is 0. The van der Waals surface area contributed by atoms with Crippen LogP contribution in [-0.4, -0.2) is 16.9 Å². The summed E-state index contributed by atoms with van der Waals surface area (Å²) in [6.45, 7) is 1.84. The summed E-state index contributed by atoms with van der Waals surface area (Å²) in [7, 11) is 0. The van der Waals surface area contributed by atoms with Gasteiger partial charge in [0, 0.05) is 11.1 Å². The van der Waals surface area contributed by atoms with Gasteiger partial charge in [0.05, 0.1) is 6.42 Å². The van der Waals surface area contributed by atoms with Gasteiger partial charge in [0.2, 0.25) is 0 Å². The zero-order valence-electron chi connectivity index (χ0n) is 11.7. The van der Waals surface area contributed by atoms with E-state index in [2.05, 4.69) is 0 Å². The van der Waals surface area contributed by atoms with Crippen LogP contribution < -0.4 is 0 Å². The van der Waals surface area contributed by atoms with E-state index in [0.717, 1.165) is 11.1 Å². The largest absolute Gasteiger partial charge is 0.481 e. The van der Waals surface area contributed by atoms with E-state index in [1.165, 1.54) is 0 Å². The van der Waals surface area contributed by atoms with Crippen molar-refractivity contribution in [2.24, 2.45) is 0 Å². The topological polar surface area (TPSA) is 54.4 Å². The molecule has 2 aromatic rings. The first kappa shape index (κ1) is 14.7. The number of carboxylic acids is 1. The molecule has 0 aliphatic heterocycles. The van der Waals surface area contributed by atoms with Crippen molar-refractivity contribution in [3.8, 4) is 0 Å². The number of carboxylic acid groups (broad SMARTS) is 1. The monoisotopic (exact) mass is 280 g/mol. The third-order valence-corrected chi connectivity index (χ3v) is 3.20. The average molecular weight is 280 g/mol. The van der Waals surface area contributed by atoms with Gasteiger partial charge in [-0.05, 0) is 24.1 Å². The molecule has 0 amide bonds. The molecular weight excluding hydrogens is 264 g/mol. The van der Waals surface area contributed by atoms with Crippen LogP contribution in [0.3, 0.4) is 0 Å². The second kappa shape index (κ2) is 6.66. The Morgan fingerprint density at radius 2 is 1.57 bits per heavy atom. The summed E-state index contributed by atoms with van der Waals surface area (Å²) in [6.07, 6.45) is 1.62. The Morgan fingerprint density at radius 3 is 2.24 bits per heavy atom. The van der Waals surface area contributed by atoms with E-state index >= 15 is 0 Å². The maximum atomic E-state index is 12.4. The Labute approximate surface area is 123 Å². The highest BCUT2D eigenvalue weighted by molar-refractivity contribution is 6.09. The van der Waals surface area contributed by atoms with Gasteiger partial charge in [-0.25, -0.2) is 0 Å². The SMILES string of the molecule is CC(=CCC(=O)O)c1cccc(C(=O)c2ccccc2)c1. The third kappa shape index (κ3) is 3.89. The molecule has 21 heavy (non-hydrogen) atoms. The molecule has 2 rings (SSSR count). The lowest BCUT2D eigenvalue weighted by molar-refractivity contribution is -0.135. The molecule has 3 heteroatoms. The van der Waals surface area contributed by atoms with Crippen LogP contribution in [0, 0.1) is 0 Å². The number of carbonyl (C=O) groups is 2. The standard InChI is InChI=1S/C18H16O3/c1-13(10-11-17(19)20)15-8-5-9-16(12-15)18(21)14-6-3-2-4-7-14/h2-10,12H,11H2,1H3,(H,19,20). The summed E-state index contributed by atoms with van der Waals surface area (Å²) in [6, 6.07) is 16.3. The first-order chi connectivity index (χ1) is 10.1. The van der Waals surface area contributed by atoms with Crippen LogP contribution in [0.15, 0.2) is 60.7 Å². The highest BCUT2D eigenvalue weighted by atomic mass is 16.4. The van der Waals surface area contributed by atoms with Crippen molar-refractivity contribution in [2.45, 2.75) is 13.3 Å². The normalized spacial score (nSPS) is 11.2. The lowest BCUT2D eigenvalue weighted by Gasteiger charge is -2.05. The van der Waals surface area contributed by atoms with Gasteiger partial charge >= 0.3 is 5.97 Å². The van der Waals surface area contributed by atoms with E-state index in [1.807, 2.05) is 37.3 Å². The van der Waals surface area contributed by atoms with Crippen LogP contribution in [0.2, 0.25) is 0 Å². The molecule has 0 saturated carbocycles. The molecule has 1 N–H and O–H groups in total. The third-order valence-electron chi connectivity index (χ3n) is 3.20. The van der Waals surface area contributed by atoms with Gasteiger partial charge in [-0.1, -0.05) is 54.6 Å². The molecule has 106 valence electrons. The molecule has 0 fully saturated rings. The maximum absolute atomic E-state index is 12.4. The zero-order valence-corrected chi connectivity index (χ0v) is 11.7. The Balaban J connectivity index is 2.28. The zero-order chi connectivity index (χ0) is 15.2. The van der Waals surface area contributed by atoms with Gasteiger partial charge in [0.15, 0.2) is 5.78 Å². The molecule has 0 bridgehead atoms. The number of allylic oxidation sites excluding steroid dienone is 1. The lowest BCUT2D eigenvalue weighted by atomic mass is 9.98. The summed E-state index contributed by atoms with van der Waals surface area (Å²) in [5.41, 5.74) is 2.95. The van der Waals surface area contributed by atoms with E-state index in [1.54, 1.807) is 30.3 Å². The van der Waals surface area contributed by atoms with E-state index < -0.39 is 5.97 Å². The van der Waals surface area contributed by atoms with Crippen LogP contribution in [0.5, 0.6) is 0 Å². The molecule has 0 heterocycles. The van der Waals surface area contributed by atoms with Gasteiger partial charge < -0.3 is 5.11 Å². The Kier molecular flexibility index (Phi) is 4.67. The van der Waals surface area contributed by atoms with Gasteiger partial charge in [0.1, 0.15) is 0 Å². The van der Waals surface area contributed by atoms with Crippen molar-refractivity contribution in [2.75, 3.05) is 0 Å². The molecule has 0 spiro atoms. The van der Waals surface area contributed by atoms with E-state index in [4.69, 9.17) is 5.11 Å². The van der Waals surface area contributed by atoms with Crippen molar-refractivity contribution in [3.05, 3.63) is 77.4 Å². The van der Waals surface area contributed by atoms with E-state index in [9.17, 15) is 9.59 Å². The van der Waals surface area contributed by atoms with Gasteiger partial charge in [-0.2, -0.15) is 0 Å². The highest BCUT2D eigenvalue weighted by Gasteiger charge is 2.09. The first-order valence-corrected chi connectivity index (χ1v) is 6.66. The van der Waals surface area contributed by atoms with Gasteiger partial charge in [-0.15, -0.1) is 0 Å². The number of hydrogen-bond donors (Lipinski definition) is 1. The van der Waals surface area contributed by atoms with Crippen LogP contribution >= 0.6 is 0 Å². The lowest BCUT2D eigenvalue weighted by Crippen LogP contribution is -2.01. The Hall–Kier alpha value is -2.68.